The van der Waals surface area contributed by atoms with Crippen LogP contribution in [0, 0.1) is 29.1 Å². The normalized spacial score (nSPS) is 12.5. The van der Waals surface area contributed by atoms with Crippen LogP contribution in [0.15, 0.2) is 30.3 Å². The lowest BCUT2D eigenvalue weighted by molar-refractivity contribution is 0.436. The number of nitrogens with two attached hydrogens (primary N) is 1. The van der Waals surface area contributed by atoms with Crippen LogP contribution < -0.4 is 5.73 Å². The second-order valence-corrected chi connectivity index (χ2v) is 3.89. The van der Waals surface area contributed by atoms with Gasteiger partial charge in [-0.25, -0.2) is 22.0 Å². The summed E-state index contributed by atoms with van der Waals surface area (Å²) in [4.78, 5) is 0. The van der Waals surface area contributed by atoms with E-state index < -0.39 is 40.7 Å². The Morgan fingerprint density at radius 2 is 1.26 bits per heavy atom. The molecule has 0 aliphatic rings. The first-order chi connectivity index (χ1) is 8.93. The molecular formula is C13H8F5N. The van der Waals surface area contributed by atoms with Crippen molar-refractivity contribution in [2.24, 2.45) is 5.73 Å². The maximum absolute atomic E-state index is 13.5. The summed E-state index contributed by atoms with van der Waals surface area (Å²) in [5.41, 5.74) is 4.77. The molecule has 0 aliphatic carbocycles. The van der Waals surface area contributed by atoms with Gasteiger partial charge in [-0.2, -0.15) is 0 Å². The van der Waals surface area contributed by atoms with Gasteiger partial charge in [-0.15, -0.1) is 0 Å². The van der Waals surface area contributed by atoms with Crippen molar-refractivity contribution in [1.29, 1.82) is 0 Å². The average Bonchev–Trinajstić information content (AvgIpc) is 2.39. The Kier molecular flexibility index (Phi) is 3.53. The number of rotatable bonds is 2. The molecular weight excluding hydrogens is 265 g/mol. The van der Waals surface area contributed by atoms with Crippen LogP contribution in [0.4, 0.5) is 22.0 Å². The minimum Gasteiger partial charge on any atom is -0.320 e. The fourth-order valence-corrected chi connectivity index (χ4v) is 1.71. The largest absolute Gasteiger partial charge is 0.320 e. The first-order valence-electron chi connectivity index (χ1n) is 5.26. The molecule has 0 aromatic heterocycles. The van der Waals surface area contributed by atoms with Gasteiger partial charge in [0.05, 0.1) is 6.04 Å². The van der Waals surface area contributed by atoms with Crippen molar-refractivity contribution < 1.29 is 22.0 Å². The van der Waals surface area contributed by atoms with E-state index in [0.29, 0.717) is 6.07 Å². The van der Waals surface area contributed by atoms with Gasteiger partial charge in [0.2, 0.25) is 0 Å². The summed E-state index contributed by atoms with van der Waals surface area (Å²) >= 11 is 0. The zero-order valence-electron chi connectivity index (χ0n) is 9.43. The Morgan fingerprint density at radius 3 is 1.95 bits per heavy atom. The highest BCUT2D eigenvalue weighted by Gasteiger charge is 2.22. The fourth-order valence-electron chi connectivity index (χ4n) is 1.71. The van der Waals surface area contributed by atoms with Crippen LogP contribution in [0.3, 0.4) is 0 Å². The summed E-state index contributed by atoms with van der Waals surface area (Å²) in [5.74, 6) is -7.01. The number of benzene rings is 2. The average molecular weight is 273 g/mol. The monoisotopic (exact) mass is 273 g/mol. The SMILES string of the molecule is NC(c1cccc(F)c1F)c1ccc(F)c(F)c1F. The Hall–Kier alpha value is -1.95. The molecule has 2 aromatic rings. The standard InChI is InChI=1S/C13H8F5N/c14-8-3-1-2-6(10(8)16)13(19)7-4-5-9(15)12(18)11(7)17/h1-5,13H,19H2. The molecule has 0 spiro atoms. The van der Waals surface area contributed by atoms with Crippen LogP contribution in [-0.4, -0.2) is 0 Å². The van der Waals surface area contributed by atoms with E-state index in [1.807, 2.05) is 0 Å². The van der Waals surface area contributed by atoms with Gasteiger partial charge in [-0.3, -0.25) is 0 Å². The molecule has 100 valence electrons. The molecule has 2 N–H and O–H groups in total. The second-order valence-electron chi connectivity index (χ2n) is 3.89. The molecule has 0 heterocycles. The molecule has 0 bridgehead atoms. The molecule has 1 unspecified atom stereocenters. The maximum atomic E-state index is 13.5. The van der Waals surface area contributed by atoms with Crippen molar-refractivity contribution in [3.8, 4) is 0 Å². The van der Waals surface area contributed by atoms with E-state index in [9.17, 15) is 22.0 Å². The van der Waals surface area contributed by atoms with Crippen molar-refractivity contribution in [1.82, 2.24) is 0 Å². The molecule has 0 radical (unpaired) electrons. The van der Waals surface area contributed by atoms with Crippen LogP contribution in [0.25, 0.3) is 0 Å². The minimum atomic E-state index is -1.70. The molecule has 0 amide bonds. The van der Waals surface area contributed by atoms with Crippen LogP contribution in [0.2, 0.25) is 0 Å². The quantitative estimate of drug-likeness (QED) is 0.658. The molecule has 0 saturated heterocycles. The summed E-state index contributed by atoms with van der Waals surface area (Å²) in [6.45, 7) is 0. The van der Waals surface area contributed by atoms with E-state index in [1.54, 1.807) is 0 Å². The van der Waals surface area contributed by atoms with Gasteiger partial charge >= 0.3 is 0 Å². The van der Waals surface area contributed by atoms with Crippen molar-refractivity contribution in [3.63, 3.8) is 0 Å². The molecule has 0 fully saturated rings. The van der Waals surface area contributed by atoms with E-state index in [1.165, 1.54) is 6.07 Å². The Bertz CT molecular complexity index is 627. The summed E-state index contributed by atoms with van der Waals surface area (Å²) < 4.78 is 65.9. The van der Waals surface area contributed by atoms with Crippen molar-refractivity contribution in [2.75, 3.05) is 0 Å². The number of halogens is 5. The van der Waals surface area contributed by atoms with Crippen molar-refractivity contribution >= 4 is 0 Å². The smallest absolute Gasteiger partial charge is 0.194 e. The van der Waals surface area contributed by atoms with E-state index in [4.69, 9.17) is 5.73 Å². The highest BCUT2D eigenvalue weighted by molar-refractivity contribution is 5.34. The summed E-state index contributed by atoms with van der Waals surface area (Å²) in [7, 11) is 0. The van der Waals surface area contributed by atoms with Gasteiger partial charge in [0.15, 0.2) is 29.1 Å². The summed E-state index contributed by atoms with van der Waals surface area (Å²) in [5, 5.41) is 0. The van der Waals surface area contributed by atoms with Gasteiger partial charge in [0.1, 0.15) is 0 Å². The predicted molar refractivity (Wildman–Crippen MR) is 58.7 cm³/mol. The molecule has 19 heavy (non-hydrogen) atoms. The Labute approximate surface area is 105 Å². The Morgan fingerprint density at radius 1 is 0.684 bits per heavy atom. The highest BCUT2D eigenvalue weighted by Crippen LogP contribution is 2.27. The molecule has 1 atom stereocenters. The molecule has 2 aromatic carbocycles. The lowest BCUT2D eigenvalue weighted by atomic mass is 9.98. The predicted octanol–water partition coefficient (Wildman–Crippen LogP) is 3.43. The first kappa shape index (κ1) is 13.5. The number of hydrogen-bond acceptors (Lipinski definition) is 1. The molecule has 0 saturated carbocycles. The van der Waals surface area contributed by atoms with Gasteiger partial charge in [-0.1, -0.05) is 18.2 Å². The summed E-state index contributed by atoms with van der Waals surface area (Å²) in [6.07, 6.45) is 0. The van der Waals surface area contributed by atoms with E-state index >= 15 is 0 Å². The van der Waals surface area contributed by atoms with E-state index in [0.717, 1.165) is 18.2 Å². The molecule has 2 rings (SSSR count). The van der Waals surface area contributed by atoms with Gasteiger partial charge in [0, 0.05) is 11.1 Å². The maximum Gasteiger partial charge on any atom is 0.194 e. The van der Waals surface area contributed by atoms with Crippen molar-refractivity contribution in [2.45, 2.75) is 6.04 Å². The lowest BCUT2D eigenvalue weighted by Crippen LogP contribution is -2.17. The molecule has 0 aliphatic heterocycles. The van der Waals surface area contributed by atoms with E-state index in [-0.39, 0.29) is 5.56 Å². The van der Waals surface area contributed by atoms with Crippen LogP contribution in [-0.2, 0) is 0 Å². The third kappa shape index (κ3) is 2.31. The second kappa shape index (κ2) is 4.97. The van der Waals surface area contributed by atoms with Crippen LogP contribution in [0.5, 0.6) is 0 Å². The molecule has 1 nitrogen and oxygen atoms in total. The molecule has 6 heteroatoms. The minimum absolute atomic E-state index is 0.343. The van der Waals surface area contributed by atoms with E-state index in [2.05, 4.69) is 0 Å². The fraction of sp³-hybridized carbons (Fsp3) is 0.0769. The van der Waals surface area contributed by atoms with Crippen LogP contribution in [0.1, 0.15) is 17.2 Å². The van der Waals surface area contributed by atoms with Gasteiger partial charge in [-0.05, 0) is 12.1 Å². The third-order valence-corrected chi connectivity index (χ3v) is 2.72. The van der Waals surface area contributed by atoms with Gasteiger partial charge in [0.25, 0.3) is 0 Å². The Balaban J connectivity index is 2.53. The zero-order valence-corrected chi connectivity index (χ0v) is 9.43. The number of hydrogen-bond donors (Lipinski definition) is 1. The third-order valence-electron chi connectivity index (χ3n) is 2.72. The first-order valence-corrected chi connectivity index (χ1v) is 5.26. The topological polar surface area (TPSA) is 26.0 Å². The lowest BCUT2D eigenvalue weighted by Gasteiger charge is -2.15. The summed E-state index contributed by atoms with van der Waals surface area (Å²) in [6, 6.07) is 3.32. The van der Waals surface area contributed by atoms with Crippen LogP contribution >= 0.6 is 0 Å². The highest BCUT2D eigenvalue weighted by atomic mass is 19.2. The van der Waals surface area contributed by atoms with Gasteiger partial charge < -0.3 is 5.73 Å². The van der Waals surface area contributed by atoms with Crippen molar-refractivity contribution in [3.05, 3.63) is 70.5 Å². The zero-order chi connectivity index (χ0) is 14.2.